The lowest BCUT2D eigenvalue weighted by Gasteiger charge is -2.14. The third-order valence-electron chi connectivity index (χ3n) is 3.77. The normalized spacial score (nSPS) is 10.3. The molecule has 0 saturated heterocycles. The summed E-state index contributed by atoms with van der Waals surface area (Å²) in [6, 6.07) is 13.3. The highest BCUT2D eigenvalue weighted by Gasteiger charge is 2.17. The van der Waals surface area contributed by atoms with Crippen LogP contribution in [0.15, 0.2) is 47.4 Å². The van der Waals surface area contributed by atoms with E-state index in [4.69, 9.17) is 0 Å². The van der Waals surface area contributed by atoms with Crippen LogP contribution in [-0.2, 0) is 22.4 Å². The van der Waals surface area contributed by atoms with E-state index in [1.54, 1.807) is 17.8 Å². The van der Waals surface area contributed by atoms with Gasteiger partial charge in [-0.1, -0.05) is 38.1 Å². The van der Waals surface area contributed by atoms with Crippen molar-refractivity contribution in [3.05, 3.63) is 53.6 Å². The molecule has 4 nitrogen and oxygen atoms in total. The van der Waals surface area contributed by atoms with E-state index < -0.39 is 11.8 Å². The van der Waals surface area contributed by atoms with Gasteiger partial charge in [0.15, 0.2) is 0 Å². The SMILES string of the molecule is CCc1cccc(CC)c1NC(=O)C(=O)Nc1cccc(SC)c1. The summed E-state index contributed by atoms with van der Waals surface area (Å²) in [5.41, 5.74) is 3.42. The molecule has 0 aliphatic rings. The van der Waals surface area contributed by atoms with Crippen molar-refractivity contribution in [2.24, 2.45) is 0 Å². The summed E-state index contributed by atoms with van der Waals surface area (Å²) in [5.74, 6) is -1.32. The van der Waals surface area contributed by atoms with Gasteiger partial charge in [-0.15, -0.1) is 11.8 Å². The molecule has 0 atom stereocenters. The molecule has 0 aromatic heterocycles. The first kappa shape index (κ1) is 18.1. The molecule has 24 heavy (non-hydrogen) atoms. The molecular weight excluding hydrogens is 320 g/mol. The van der Waals surface area contributed by atoms with E-state index in [-0.39, 0.29) is 0 Å². The summed E-state index contributed by atoms with van der Waals surface area (Å²) in [6.45, 7) is 4.05. The third-order valence-corrected chi connectivity index (χ3v) is 4.50. The van der Waals surface area contributed by atoms with Crippen LogP contribution in [0, 0.1) is 0 Å². The number of rotatable bonds is 5. The van der Waals surface area contributed by atoms with Gasteiger partial charge in [-0.25, -0.2) is 0 Å². The first-order chi connectivity index (χ1) is 11.6. The zero-order chi connectivity index (χ0) is 17.5. The summed E-state index contributed by atoms with van der Waals surface area (Å²) in [5, 5.41) is 5.42. The van der Waals surface area contributed by atoms with E-state index in [1.807, 2.05) is 56.5 Å². The summed E-state index contributed by atoms with van der Waals surface area (Å²) < 4.78 is 0. The molecule has 0 bridgehead atoms. The molecule has 0 saturated carbocycles. The smallest absolute Gasteiger partial charge is 0.314 e. The Labute approximate surface area is 147 Å². The van der Waals surface area contributed by atoms with Crippen LogP contribution in [0.4, 0.5) is 11.4 Å². The minimum Gasteiger partial charge on any atom is -0.318 e. The minimum absolute atomic E-state index is 0.612. The maximum atomic E-state index is 12.3. The Kier molecular flexibility index (Phi) is 6.44. The third kappa shape index (κ3) is 4.38. The van der Waals surface area contributed by atoms with Crippen LogP contribution in [0.1, 0.15) is 25.0 Å². The fourth-order valence-electron chi connectivity index (χ4n) is 2.46. The number of carbonyl (C=O) groups is 2. The highest BCUT2D eigenvalue weighted by atomic mass is 32.2. The summed E-state index contributed by atoms with van der Waals surface area (Å²) in [4.78, 5) is 25.5. The number of benzene rings is 2. The molecule has 2 rings (SSSR count). The van der Waals surface area contributed by atoms with E-state index >= 15 is 0 Å². The molecule has 126 valence electrons. The number of aryl methyl sites for hydroxylation is 2. The lowest BCUT2D eigenvalue weighted by molar-refractivity contribution is -0.133. The minimum atomic E-state index is -0.666. The maximum Gasteiger partial charge on any atom is 0.314 e. The number of nitrogens with one attached hydrogen (secondary N) is 2. The maximum absolute atomic E-state index is 12.3. The van der Waals surface area contributed by atoms with Crippen molar-refractivity contribution in [2.75, 3.05) is 16.9 Å². The Morgan fingerprint density at radius 2 is 1.50 bits per heavy atom. The lowest BCUT2D eigenvalue weighted by atomic mass is 10.0. The zero-order valence-electron chi connectivity index (χ0n) is 14.2. The second-order valence-electron chi connectivity index (χ2n) is 5.30. The monoisotopic (exact) mass is 342 g/mol. The molecule has 0 spiro atoms. The van der Waals surface area contributed by atoms with Crippen molar-refractivity contribution in [1.82, 2.24) is 0 Å². The van der Waals surface area contributed by atoms with Crippen molar-refractivity contribution in [3.63, 3.8) is 0 Å². The quantitative estimate of drug-likeness (QED) is 0.635. The van der Waals surface area contributed by atoms with E-state index in [0.29, 0.717) is 5.69 Å². The fraction of sp³-hybridized carbons (Fsp3) is 0.263. The predicted molar refractivity (Wildman–Crippen MR) is 101 cm³/mol. The number of anilines is 2. The van der Waals surface area contributed by atoms with Crippen LogP contribution in [0.5, 0.6) is 0 Å². The number of carbonyl (C=O) groups excluding carboxylic acids is 2. The number of para-hydroxylation sites is 1. The molecule has 5 heteroatoms. The topological polar surface area (TPSA) is 58.2 Å². The Morgan fingerprint density at radius 1 is 0.917 bits per heavy atom. The van der Waals surface area contributed by atoms with E-state index in [1.165, 1.54) is 0 Å². The number of amides is 2. The average Bonchev–Trinajstić information content (AvgIpc) is 2.61. The van der Waals surface area contributed by atoms with Crippen molar-refractivity contribution >= 4 is 35.0 Å². The number of hydrogen-bond donors (Lipinski definition) is 2. The van der Waals surface area contributed by atoms with Gasteiger partial charge in [0.2, 0.25) is 0 Å². The van der Waals surface area contributed by atoms with Crippen LogP contribution in [0.25, 0.3) is 0 Å². The van der Waals surface area contributed by atoms with Crippen LogP contribution < -0.4 is 10.6 Å². The fourth-order valence-corrected chi connectivity index (χ4v) is 2.92. The zero-order valence-corrected chi connectivity index (χ0v) is 15.0. The molecule has 2 N–H and O–H groups in total. The second-order valence-corrected chi connectivity index (χ2v) is 6.18. The molecule has 0 aliphatic carbocycles. The molecule has 0 aliphatic heterocycles. The molecule has 2 aromatic carbocycles. The molecule has 0 fully saturated rings. The Morgan fingerprint density at radius 3 is 2.08 bits per heavy atom. The van der Waals surface area contributed by atoms with E-state index in [9.17, 15) is 9.59 Å². The van der Waals surface area contributed by atoms with Gasteiger partial charge in [0.25, 0.3) is 0 Å². The highest BCUT2D eigenvalue weighted by Crippen LogP contribution is 2.23. The molecule has 2 amide bonds. The van der Waals surface area contributed by atoms with Gasteiger partial charge in [0.05, 0.1) is 0 Å². The molecule has 0 unspecified atom stereocenters. The highest BCUT2D eigenvalue weighted by molar-refractivity contribution is 7.98. The molecule has 2 aromatic rings. The molecule has 0 radical (unpaired) electrons. The van der Waals surface area contributed by atoms with E-state index in [2.05, 4.69) is 10.6 Å². The second kappa shape index (κ2) is 8.55. The summed E-state index contributed by atoms with van der Waals surface area (Å²) in [7, 11) is 0. The van der Waals surface area contributed by atoms with Crippen molar-refractivity contribution in [3.8, 4) is 0 Å². The van der Waals surface area contributed by atoms with Crippen LogP contribution in [-0.4, -0.2) is 18.1 Å². The van der Waals surface area contributed by atoms with Gasteiger partial charge in [-0.2, -0.15) is 0 Å². The average molecular weight is 342 g/mol. The Bertz CT molecular complexity index is 722. The van der Waals surface area contributed by atoms with Gasteiger partial charge in [0, 0.05) is 16.3 Å². The Balaban J connectivity index is 2.13. The first-order valence-corrected chi connectivity index (χ1v) is 9.18. The van der Waals surface area contributed by atoms with Gasteiger partial charge < -0.3 is 10.6 Å². The number of hydrogen-bond acceptors (Lipinski definition) is 3. The van der Waals surface area contributed by atoms with Crippen molar-refractivity contribution in [2.45, 2.75) is 31.6 Å². The molecule has 0 heterocycles. The summed E-state index contributed by atoms with van der Waals surface area (Å²) in [6.07, 6.45) is 3.54. The van der Waals surface area contributed by atoms with Gasteiger partial charge in [0.1, 0.15) is 0 Å². The first-order valence-electron chi connectivity index (χ1n) is 7.96. The largest absolute Gasteiger partial charge is 0.318 e. The van der Waals surface area contributed by atoms with Crippen LogP contribution in [0.3, 0.4) is 0 Å². The lowest BCUT2D eigenvalue weighted by Crippen LogP contribution is -2.29. The standard InChI is InChI=1S/C19H22N2O2S/c1-4-13-8-6-9-14(5-2)17(13)21-19(23)18(22)20-15-10-7-11-16(12-15)24-3/h6-12H,4-5H2,1-3H3,(H,20,22)(H,21,23). The van der Waals surface area contributed by atoms with Crippen LogP contribution in [0.2, 0.25) is 0 Å². The molecular formula is C19H22N2O2S. The van der Waals surface area contributed by atoms with Crippen molar-refractivity contribution < 1.29 is 9.59 Å². The van der Waals surface area contributed by atoms with Gasteiger partial charge in [-0.05, 0) is 48.4 Å². The Hall–Kier alpha value is -2.27. The van der Waals surface area contributed by atoms with Gasteiger partial charge >= 0.3 is 11.8 Å². The predicted octanol–water partition coefficient (Wildman–Crippen LogP) is 4.11. The summed E-state index contributed by atoms with van der Waals surface area (Å²) >= 11 is 1.58. The van der Waals surface area contributed by atoms with E-state index in [0.717, 1.165) is 34.6 Å². The van der Waals surface area contributed by atoms with Crippen LogP contribution >= 0.6 is 11.8 Å². The van der Waals surface area contributed by atoms with Crippen molar-refractivity contribution in [1.29, 1.82) is 0 Å². The van der Waals surface area contributed by atoms with Gasteiger partial charge in [-0.3, -0.25) is 9.59 Å². The number of thioether (sulfide) groups is 1.